The number of alkyl halides is 2. The Morgan fingerprint density at radius 3 is 2.74 bits per heavy atom. The SMILES string of the molecule is O=C(O)CSc1ccc2[nH]c(-c3cccc(C(F)F)c3)cc2c1. The van der Waals surface area contributed by atoms with Crippen LogP contribution >= 0.6 is 11.8 Å². The van der Waals surface area contributed by atoms with E-state index in [9.17, 15) is 13.6 Å². The molecule has 0 radical (unpaired) electrons. The lowest BCUT2D eigenvalue weighted by molar-refractivity contribution is -0.133. The molecule has 0 fully saturated rings. The molecule has 3 nitrogen and oxygen atoms in total. The molecule has 0 bridgehead atoms. The Kier molecular flexibility index (Phi) is 4.34. The van der Waals surface area contributed by atoms with Crippen LogP contribution in [0.2, 0.25) is 0 Å². The molecule has 0 saturated carbocycles. The largest absolute Gasteiger partial charge is 0.481 e. The lowest BCUT2D eigenvalue weighted by atomic mass is 10.1. The first-order valence-electron chi connectivity index (χ1n) is 6.89. The third-order valence-corrected chi connectivity index (χ3v) is 4.38. The predicted molar refractivity (Wildman–Crippen MR) is 87.1 cm³/mol. The van der Waals surface area contributed by atoms with Crippen LogP contribution in [-0.4, -0.2) is 21.8 Å². The maximum Gasteiger partial charge on any atom is 0.313 e. The van der Waals surface area contributed by atoms with Crippen molar-refractivity contribution >= 4 is 28.6 Å². The molecule has 0 spiro atoms. The number of carbonyl (C=O) groups is 1. The van der Waals surface area contributed by atoms with E-state index in [2.05, 4.69) is 4.98 Å². The van der Waals surface area contributed by atoms with Gasteiger partial charge in [-0.05, 0) is 35.9 Å². The van der Waals surface area contributed by atoms with Crippen molar-refractivity contribution in [3.8, 4) is 11.3 Å². The highest BCUT2D eigenvalue weighted by Gasteiger charge is 2.10. The van der Waals surface area contributed by atoms with Crippen LogP contribution in [0.15, 0.2) is 53.4 Å². The number of thioether (sulfide) groups is 1. The van der Waals surface area contributed by atoms with Crippen molar-refractivity contribution in [2.24, 2.45) is 0 Å². The van der Waals surface area contributed by atoms with Crippen LogP contribution in [0.5, 0.6) is 0 Å². The molecule has 1 aromatic heterocycles. The number of nitrogens with one attached hydrogen (secondary N) is 1. The Labute approximate surface area is 135 Å². The second-order valence-electron chi connectivity index (χ2n) is 5.04. The number of H-pyrrole nitrogens is 1. The molecule has 23 heavy (non-hydrogen) atoms. The molecule has 0 aliphatic rings. The van der Waals surface area contributed by atoms with Gasteiger partial charge in [0, 0.05) is 27.1 Å². The zero-order valence-corrected chi connectivity index (χ0v) is 12.7. The summed E-state index contributed by atoms with van der Waals surface area (Å²) >= 11 is 1.24. The molecule has 2 aromatic carbocycles. The van der Waals surface area contributed by atoms with Gasteiger partial charge in [-0.3, -0.25) is 4.79 Å². The number of carboxylic acids is 1. The number of rotatable bonds is 5. The Balaban J connectivity index is 1.93. The van der Waals surface area contributed by atoms with E-state index < -0.39 is 12.4 Å². The fourth-order valence-corrected chi connectivity index (χ4v) is 3.01. The van der Waals surface area contributed by atoms with Gasteiger partial charge in [-0.1, -0.05) is 18.2 Å². The van der Waals surface area contributed by atoms with E-state index in [1.165, 1.54) is 23.9 Å². The Bertz CT molecular complexity index is 861. The van der Waals surface area contributed by atoms with E-state index in [1.54, 1.807) is 12.1 Å². The molecule has 0 aliphatic carbocycles. The number of halogens is 2. The molecular weight excluding hydrogens is 320 g/mol. The summed E-state index contributed by atoms with van der Waals surface area (Å²) in [6.07, 6.45) is -2.50. The highest BCUT2D eigenvalue weighted by Crippen LogP contribution is 2.30. The van der Waals surface area contributed by atoms with Crippen LogP contribution in [-0.2, 0) is 4.79 Å². The van der Waals surface area contributed by atoms with Gasteiger partial charge in [-0.15, -0.1) is 11.8 Å². The van der Waals surface area contributed by atoms with Crippen LogP contribution < -0.4 is 0 Å². The molecule has 118 valence electrons. The minimum atomic E-state index is -2.50. The van der Waals surface area contributed by atoms with Gasteiger partial charge in [-0.25, -0.2) is 8.78 Å². The maximum absolute atomic E-state index is 12.8. The average Bonchev–Trinajstić information content (AvgIpc) is 2.96. The van der Waals surface area contributed by atoms with E-state index in [1.807, 2.05) is 24.3 Å². The molecule has 3 rings (SSSR count). The van der Waals surface area contributed by atoms with Gasteiger partial charge in [0.15, 0.2) is 0 Å². The summed E-state index contributed by atoms with van der Waals surface area (Å²) < 4.78 is 25.6. The first kappa shape index (κ1) is 15.6. The fraction of sp³-hybridized carbons (Fsp3) is 0.118. The minimum Gasteiger partial charge on any atom is -0.481 e. The number of hydrogen-bond donors (Lipinski definition) is 2. The second-order valence-corrected chi connectivity index (χ2v) is 6.09. The third-order valence-electron chi connectivity index (χ3n) is 3.40. The van der Waals surface area contributed by atoms with Crippen LogP contribution in [0.25, 0.3) is 22.2 Å². The van der Waals surface area contributed by atoms with Crippen LogP contribution in [0.3, 0.4) is 0 Å². The molecule has 0 saturated heterocycles. The zero-order valence-electron chi connectivity index (χ0n) is 11.9. The number of aromatic nitrogens is 1. The normalized spacial score (nSPS) is 11.3. The lowest BCUT2D eigenvalue weighted by Gasteiger charge is -2.02. The molecule has 1 heterocycles. The Morgan fingerprint density at radius 1 is 1.17 bits per heavy atom. The molecule has 0 atom stereocenters. The van der Waals surface area contributed by atoms with Crippen LogP contribution in [0.1, 0.15) is 12.0 Å². The molecule has 0 amide bonds. The third kappa shape index (κ3) is 3.53. The standard InChI is InChI=1S/C17H13F2NO2S/c18-17(19)11-3-1-2-10(6-11)15-8-12-7-13(23-9-16(21)22)4-5-14(12)20-15/h1-8,17,20H,9H2,(H,21,22). The van der Waals surface area contributed by atoms with Crippen molar-refractivity contribution < 1.29 is 18.7 Å². The van der Waals surface area contributed by atoms with E-state index in [4.69, 9.17) is 5.11 Å². The smallest absolute Gasteiger partial charge is 0.313 e. The van der Waals surface area contributed by atoms with Crippen molar-refractivity contribution in [2.75, 3.05) is 5.75 Å². The predicted octanol–water partition coefficient (Wildman–Crippen LogP) is 4.95. The fourth-order valence-electron chi connectivity index (χ4n) is 2.34. The van der Waals surface area contributed by atoms with Crippen molar-refractivity contribution in [1.29, 1.82) is 0 Å². The summed E-state index contributed by atoms with van der Waals surface area (Å²) in [5, 5.41) is 9.64. The zero-order chi connectivity index (χ0) is 16.4. The first-order chi connectivity index (χ1) is 11.0. The van der Waals surface area contributed by atoms with E-state index in [0.29, 0.717) is 5.56 Å². The molecule has 0 unspecified atom stereocenters. The van der Waals surface area contributed by atoms with Gasteiger partial charge < -0.3 is 10.1 Å². The van der Waals surface area contributed by atoms with Gasteiger partial charge in [-0.2, -0.15) is 0 Å². The molecule has 0 aliphatic heterocycles. The van der Waals surface area contributed by atoms with E-state index in [-0.39, 0.29) is 11.3 Å². The molecule has 6 heteroatoms. The van der Waals surface area contributed by atoms with Gasteiger partial charge in [0.05, 0.1) is 5.75 Å². The molecular formula is C17H13F2NO2S. The Morgan fingerprint density at radius 2 is 2.00 bits per heavy atom. The summed E-state index contributed by atoms with van der Waals surface area (Å²) in [6, 6.07) is 13.7. The van der Waals surface area contributed by atoms with Gasteiger partial charge in [0.2, 0.25) is 0 Å². The highest BCUT2D eigenvalue weighted by molar-refractivity contribution is 8.00. The summed E-state index contributed by atoms with van der Waals surface area (Å²) in [6.45, 7) is 0. The topological polar surface area (TPSA) is 53.1 Å². The monoisotopic (exact) mass is 333 g/mol. The van der Waals surface area contributed by atoms with Crippen molar-refractivity contribution in [1.82, 2.24) is 4.98 Å². The minimum absolute atomic E-state index is 0.000773. The number of hydrogen-bond acceptors (Lipinski definition) is 2. The quantitative estimate of drug-likeness (QED) is 0.650. The van der Waals surface area contributed by atoms with Crippen molar-refractivity contribution in [3.05, 3.63) is 54.1 Å². The Hall–Kier alpha value is -2.34. The first-order valence-corrected chi connectivity index (χ1v) is 7.87. The number of carboxylic acid groups (broad SMARTS) is 1. The average molecular weight is 333 g/mol. The van der Waals surface area contributed by atoms with Crippen molar-refractivity contribution in [3.63, 3.8) is 0 Å². The van der Waals surface area contributed by atoms with E-state index in [0.717, 1.165) is 21.5 Å². The van der Waals surface area contributed by atoms with Crippen LogP contribution in [0, 0.1) is 0 Å². The number of aromatic amines is 1. The second kappa shape index (κ2) is 6.42. The summed E-state index contributed by atoms with van der Waals surface area (Å²) in [7, 11) is 0. The summed E-state index contributed by atoms with van der Waals surface area (Å²) in [5.41, 5.74) is 2.31. The number of aliphatic carboxylic acids is 1. The highest BCUT2D eigenvalue weighted by atomic mass is 32.2. The molecule has 3 aromatic rings. The van der Waals surface area contributed by atoms with E-state index >= 15 is 0 Å². The number of benzene rings is 2. The summed E-state index contributed by atoms with van der Waals surface area (Å²) in [4.78, 5) is 14.7. The van der Waals surface area contributed by atoms with Gasteiger partial charge in [0.1, 0.15) is 0 Å². The molecule has 2 N–H and O–H groups in total. The lowest BCUT2D eigenvalue weighted by Crippen LogP contribution is -1.97. The van der Waals surface area contributed by atoms with Crippen LogP contribution in [0.4, 0.5) is 8.78 Å². The number of fused-ring (bicyclic) bond motifs is 1. The maximum atomic E-state index is 12.8. The van der Waals surface area contributed by atoms with Gasteiger partial charge >= 0.3 is 5.97 Å². The van der Waals surface area contributed by atoms with Gasteiger partial charge in [0.25, 0.3) is 6.43 Å². The van der Waals surface area contributed by atoms with Crippen molar-refractivity contribution in [2.45, 2.75) is 11.3 Å². The summed E-state index contributed by atoms with van der Waals surface area (Å²) in [5.74, 6) is -0.868.